The first-order chi connectivity index (χ1) is 15.9. The van der Waals surface area contributed by atoms with Crippen molar-refractivity contribution in [2.75, 3.05) is 33.4 Å². The Morgan fingerprint density at radius 1 is 1.27 bits per heavy atom. The zero-order valence-corrected chi connectivity index (χ0v) is 19.3. The number of carbonyl (C=O) groups excluding carboxylic acids is 2. The maximum absolute atomic E-state index is 13.5. The van der Waals surface area contributed by atoms with E-state index in [0.29, 0.717) is 32.0 Å². The van der Waals surface area contributed by atoms with Crippen LogP contribution in [0, 0.1) is 11.7 Å². The Labute approximate surface area is 197 Å². The summed E-state index contributed by atoms with van der Waals surface area (Å²) in [7, 11) is 1.65. The first-order valence-electron chi connectivity index (χ1n) is 11.2. The molecule has 1 heterocycles. The van der Waals surface area contributed by atoms with Gasteiger partial charge in [-0.15, -0.1) is 0 Å². The summed E-state index contributed by atoms with van der Waals surface area (Å²) in [6.07, 6.45) is 6.41. The van der Waals surface area contributed by atoms with Gasteiger partial charge in [0.15, 0.2) is 6.61 Å². The van der Waals surface area contributed by atoms with Crippen LogP contribution in [0.3, 0.4) is 0 Å². The fraction of sp³-hybridized carbons (Fsp3) is 0.565. The number of amides is 2. The van der Waals surface area contributed by atoms with Crippen LogP contribution < -0.4 is 26.0 Å². The normalized spacial score (nSPS) is 30.6. The maximum Gasteiger partial charge on any atom is 0.258 e. The van der Waals surface area contributed by atoms with Crippen molar-refractivity contribution in [1.29, 1.82) is 0 Å². The van der Waals surface area contributed by atoms with Gasteiger partial charge in [0.25, 0.3) is 5.91 Å². The summed E-state index contributed by atoms with van der Waals surface area (Å²) < 4.78 is 23.9. The van der Waals surface area contributed by atoms with Gasteiger partial charge in [0.1, 0.15) is 11.6 Å². The van der Waals surface area contributed by atoms with Gasteiger partial charge in [-0.1, -0.05) is 23.8 Å². The van der Waals surface area contributed by atoms with Crippen molar-refractivity contribution in [2.45, 2.75) is 42.9 Å². The van der Waals surface area contributed by atoms with Crippen molar-refractivity contribution in [3.63, 3.8) is 0 Å². The molecule has 2 bridgehead atoms. The van der Waals surface area contributed by atoms with Crippen LogP contribution in [0.1, 0.15) is 19.3 Å². The Hall–Kier alpha value is -2.20. The number of hydrogen-bond donors (Lipinski definition) is 4. The number of halogens is 2. The molecule has 8 nitrogen and oxygen atoms in total. The van der Waals surface area contributed by atoms with Gasteiger partial charge >= 0.3 is 0 Å². The monoisotopic (exact) mass is 480 g/mol. The van der Waals surface area contributed by atoms with Crippen molar-refractivity contribution in [2.24, 2.45) is 5.92 Å². The number of hydrogen-bond acceptors (Lipinski definition) is 6. The molecule has 1 aromatic carbocycles. The summed E-state index contributed by atoms with van der Waals surface area (Å²) in [5.74, 6) is -0.286. The van der Waals surface area contributed by atoms with Crippen LogP contribution in [-0.2, 0) is 14.3 Å². The minimum absolute atomic E-state index is 0.00261. The van der Waals surface area contributed by atoms with Crippen LogP contribution in [0.2, 0.25) is 5.02 Å². The molecule has 3 unspecified atom stereocenters. The second-order valence-corrected chi connectivity index (χ2v) is 9.45. The largest absolute Gasteiger partial charge is 0.484 e. The van der Waals surface area contributed by atoms with Gasteiger partial charge in [-0.05, 0) is 37.3 Å². The van der Waals surface area contributed by atoms with Gasteiger partial charge in [-0.25, -0.2) is 4.39 Å². The van der Waals surface area contributed by atoms with Crippen molar-refractivity contribution in [3.05, 3.63) is 41.2 Å². The van der Waals surface area contributed by atoms with E-state index in [2.05, 4.69) is 21.3 Å². The maximum atomic E-state index is 13.5. The zero-order valence-electron chi connectivity index (χ0n) is 18.5. The minimum Gasteiger partial charge on any atom is -0.484 e. The highest BCUT2D eigenvalue weighted by atomic mass is 35.5. The average molecular weight is 481 g/mol. The molecule has 3 atom stereocenters. The summed E-state index contributed by atoms with van der Waals surface area (Å²) in [6, 6.07) is 3.94. The lowest BCUT2D eigenvalue weighted by molar-refractivity contribution is -0.126. The minimum atomic E-state index is -0.593. The summed E-state index contributed by atoms with van der Waals surface area (Å²) >= 11 is 5.65. The van der Waals surface area contributed by atoms with E-state index < -0.39 is 5.82 Å². The molecular formula is C23H30ClFN4O4. The van der Waals surface area contributed by atoms with E-state index in [4.69, 9.17) is 21.1 Å². The molecule has 1 saturated heterocycles. The number of benzene rings is 1. The molecule has 180 valence electrons. The van der Waals surface area contributed by atoms with E-state index in [-0.39, 0.29) is 52.9 Å². The van der Waals surface area contributed by atoms with Crippen molar-refractivity contribution in [1.82, 2.24) is 21.3 Å². The Morgan fingerprint density at radius 2 is 2.09 bits per heavy atom. The number of methoxy groups -OCH3 is 1. The van der Waals surface area contributed by atoms with Gasteiger partial charge in [0, 0.05) is 43.9 Å². The molecule has 1 aromatic rings. The predicted octanol–water partition coefficient (Wildman–Crippen LogP) is 1.14. The SMILES string of the molecule is COC/C=C/C1CNC(C(=O)NC23CC(C2)C(NC(=O)COc2ccc(Cl)c(F)c2)C3)CN1. The lowest BCUT2D eigenvalue weighted by atomic mass is 9.76. The quantitative estimate of drug-likeness (QED) is 0.396. The standard InChI is InChI=1S/C23H30ClFN4O4/c1-32-6-2-3-15-11-27-20(12-26-15)22(31)29-23-8-14(9-23)19(10-23)28-21(30)13-33-16-4-5-17(24)18(25)7-16/h2-5,7,14-15,19-20,26-27H,6,8-13H2,1H3,(H,28,30)(H,29,31)/b3-2+. The number of carbonyl (C=O) groups is 2. The molecule has 0 aromatic heterocycles. The summed E-state index contributed by atoms with van der Waals surface area (Å²) in [6.45, 7) is 1.58. The lowest BCUT2D eigenvalue weighted by Crippen LogP contribution is -2.63. The van der Waals surface area contributed by atoms with E-state index in [1.165, 1.54) is 12.1 Å². The molecule has 3 aliphatic carbocycles. The van der Waals surface area contributed by atoms with Crippen LogP contribution in [0.4, 0.5) is 4.39 Å². The fourth-order valence-corrected chi connectivity index (χ4v) is 5.06. The van der Waals surface area contributed by atoms with Crippen LogP contribution in [-0.4, -0.2) is 68.9 Å². The topological polar surface area (TPSA) is 101 Å². The second-order valence-electron chi connectivity index (χ2n) is 9.04. The predicted molar refractivity (Wildman–Crippen MR) is 122 cm³/mol. The smallest absolute Gasteiger partial charge is 0.258 e. The Balaban J connectivity index is 1.19. The van der Waals surface area contributed by atoms with Gasteiger partial charge in [-0.2, -0.15) is 0 Å². The third-order valence-electron chi connectivity index (χ3n) is 6.60. The number of nitrogens with one attached hydrogen (secondary N) is 4. The molecule has 5 rings (SSSR count). The molecule has 3 saturated carbocycles. The molecule has 1 aliphatic heterocycles. The number of piperazine rings is 1. The molecule has 10 heteroatoms. The second kappa shape index (κ2) is 10.4. The number of ether oxygens (including phenoxy) is 2. The molecule has 4 aliphatic rings. The Morgan fingerprint density at radius 3 is 2.79 bits per heavy atom. The highest BCUT2D eigenvalue weighted by molar-refractivity contribution is 6.30. The van der Waals surface area contributed by atoms with Gasteiger partial charge in [-0.3, -0.25) is 9.59 Å². The van der Waals surface area contributed by atoms with E-state index in [9.17, 15) is 14.0 Å². The fourth-order valence-electron chi connectivity index (χ4n) is 4.94. The third kappa shape index (κ3) is 5.84. The molecule has 0 spiro atoms. The first kappa shape index (κ1) is 23.9. The van der Waals surface area contributed by atoms with Crippen molar-refractivity contribution < 1.29 is 23.5 Å². The highest BCUT2D eigenvalue weighted by Gasteiger charge is 2.57. The third-order valence-corrected chi connectivity index (χ3v) is 6.90. The Kier molecular flexibility index (Phi) is 7.53. The van der Waals surface area contributed by atoms with Crippen molar-refractivity contribution >= 4 is 23.4 Å². The lowest BCUT2D eigenvalue weighted by Gasteiger charge is -2.40. The number of rotatable bonds is 9. The van der Waals surface area contributed by atoms with Gasteiger partial charge < -0.3 is 30.7 Å². The van der Waals surface area contributed by atoms with E-state index in [1.54, 1.807) is 7.11 Å². The van der Waals surface area contributed by atoms with Crippen LogP contribution in [0.5, 0.6) is 5.75 Å². The van der Waals surface area contributed by atoms with Crippen LogP contribution in [0.25, 0.3) is 0 Å². The molecule has 0 radical (unpaired) electrons. The molecule has 2 amide bonds. The number of fused-ring (bicyclic) bond motifs is 1. The van der Waals surface area contributed by atoms with E-state index >= 15 is 0 Å². The van der Waals surface area contributed by atoms with E-state index in [0.717, 1.165) is 18.9 Å². The molecular weight excluding hydrogens is 451 g/mol. The Bertz CT molecular complexity index is 900. The zero-order chi connectivity index (χ0) is 23.4. The average Bonchev–Trinajstić information content (AvgIpc) is 3.28. The van der Waals surface area contributed by atoms with Crippen LogP contribution >= 0.6 is 11.6 Å². The van der Waals surface area contributed by atoms with Gasteiger partial charge in [0.2, 0.25) is 5.91 Å². The highest BCUT2D eigenvalue weighted by Crippen LogP contribution is 2.52. The summed E-state index contributed by atoms with van der Waals surface area (Å²) in [5.41, 5.74) is -0.253. The molecule has 4 N–H and O–H groups in total. The molecule has 4 fully saturated rings. The van der Waals surface area contributed by atoms with E-state index in [1.807, 2.05) is 12.2 Å². The molecule has 33 heavy (non-hydrogen) atoms. The van der Waals surface area contributed by atoms with Gasteiger partial charge in [0.05, 0.1) is 17.7 Å². The van der Waals surface area contributed by atoms with Crippen LogP contribution in [0.15, 0.2) is 30.4 Å². The van der Waals surface area contributed by atoms with Crippen molar-refractivity contribution in [3.8, 4) is 5.75 Å². The summed E-state index contributed by atoms with van der Waals surface area (Å²) in [4.78, 5) is 25.1. The summed E-state index contributed by atoms with van der Waals surface area (Å²) in [5, 5.41) is 12.9. The first-order valence-corrected chi connectivity index (χ1v) is 11.6.